The summed E-state index contributed by atoms with van der Waals surface area (Å²) in [5.41, 5.74) is 2.42. The number of fused-ring (bicyclic) bond motifs is 1. The van der Waals surface area contributed by atoms with Crippen LogP contribution in [0.25, 0.3) is 11.0 Å². The van der Waals surface area contributed by atoms with Gasteiger partial charge in [-0.3, -0.25) is 0 Å². The van der Waals surface area contributed by atoms with Crippen molar-refractivity contribution in [1.82, 2.24) is 15.0 Å². The third kappa shape index (κ3) is 1.44. The molecule has 4 heteroatoms. The largest absolute Gasteiger partial charge is 0.388 e. The van der Waals surface area contributed by atoms with Crippen molar-refractivity contribution in [1.29, 1.82) is 0 Å². The minimum Gasteiger partial charge on any atom is -0.388 e. The highest BCUT2D eigenvalue weighted by Crippen LogP contribution is 2.13. The molecule has 2 aromatic heterocycles. The van der Waals surface area contributed by atoms with Crippen molar-refractivity contribution in [3.05, 3.63) is 29.3 Å². The Bertz CT molecular complexity index is 482. The lowest BCUT2D eigenvalue weighted by Gasteiger charge is -2.03. The SMILES string of the molecule is Cc1ccc2c(C)nc(CO)nc2n1. The zero-order valence-electron chi connectivity index (χ0n) is 8.15. The second kappa shape index (κ2) is 3.31. The van der Waals surface area contributed by atoms with E-state index >= 15 is 0 Å². The van der Waals surface area contributed by atoms with Gasteiger partial charge in [-0.15, -0.1) is 0 Å². The summed E-state index contributed by atoms with van der Waals surface area (Å²) in [4.78, 5) is 12.6. The van der Waals surface area contributed by atoms with E-state index in [0.717, 1.165) is 16.8 Å². The van der Waals surface area contributed by atoms with Crippen molar-refractivity contribution in [2.75, 3.05) is 0 Å². The first-order chi connectivity index (χ1) is 6.70. The van der Waals surface area contributed by atoms with Gasteiger partial charge in [0.2, 0.25) is 0 Å². The van der Waals surface area contributed by atoms with Gasteiger partial charge < -0.3 is 5.11 Å². The van der Waals surface area contributed by atoms with E-state index in [1.54, 1.807) is 0 Å². The number of aliphatic hydroxyl groups is 1. The minimum absolute atomic E-state index is 0.146. The van der Waals surface area contributed by atoms with Gasteiger partial charge in [-0.1, -0.05) is 0 Å². The summed E-state index contributed by atoms with van der Waals surface area (Å²) in [6.45, 7) is 3.65. The smallest absolute Gasteiger partial charge is 0.163 e. The number of aliphatic hydroxyl groups excluding tert-OH is 1. The summed E-state index contributed by atoms with van der Waals surface area (Å²) >= 11 is 0. The molecular weight excluding hydrogens is 178 g/mol. The maximum Gasteiger partial charge on any atom is 0.163 e. The van der Waals surface area contributed by atoms with Crippen molar-refractivity contribution < 1.29 is 5.11 Å². The van der Waals surface area contributed by atoms with Gasteiger partial charge in [-0.05, 0) is 26.0 Å². The molecule has 0 amide bonds. The Labute approximate surface area is 81.7 Å². The number of nitrogens with zero attached hydrogens (tertiary/aromatic N) is 3. The number of hydrogen-bond acceptors (Lipinski definition) is 4. The average Bonchev–Trinajstić information content (AvgIpc) is 2.16. The van der Waals surface area contributed by atoms with Crippen molar-refractivity contribution in [2.24, 2.45) is 0 Å². The van der Waals surface area contributed by atoms with Crippen LogP contribution < -0.4 is 0 Å². The van der Waals surface area contributed by atoms with Gasteiger partial charge in [0, 0.05) is 11.1 Å². The van der Waals surface area contributed by atoms with Gasteiger partial charge in [-0.2, -0.15) is 0 Å². The van der Waals surface area contributed by atoms with Crippen LogP contribution in [0.2, 0.25) is 0 Å². The molecule has 0 saturated heterocycles. The van der Waals surface area contributed by atoms with E-state index in [9.17, 15) is 0 Å². The Balaban J connectivity index is 2.77. The monoisotopic (exact) mass is 189 g/mol. The van der Waals surface area contributed by atoms with Crippen molar-refractivity contribution in [3.63, 3.8) is 0 Å². The van der Waals surface area contributed by atoms with Crippen molar-refractivity contribution in [2.45, 2.75) is 20.5 Å². The van der Waals surface area contributed by atoms with E-state index in [0.29, 0.717) is 11.5 Å². The zero-order chi connectivity index (χ0) is 10.1. The molecule has 2 heterocycles. The molecule has 0 saturated carbocycles. The van der Waals surface area contributed by atoms with E-state index in [1.807, 2.05) is 26.0 Å². The summed E-state index contributed by atoms with van der Waals surface area (Å²) in [6, 6.07) is 3.88. The number of hydrogen-bond donors (Lipinski definition) is 1. The molecule has 2 rings (SSSR count). The molecule has 14 heavy (non-hydrogen) atoms. The third-order valence-electron chi connectivity index (χ3n) is 2.08. The highest BCUT2D eigenvalue weighted by molar-refractivity contribution is 5.77. The zero-order valence-corrected chi connectivity index (χ0v) is 8.15. The van der Waals surface area contributed by atoms with E-state index in [4.69, 9.17) is 5.11 Å². The van der Waals surface area contributed by atoms with Crippen molar-refractivity contribution in [3.8, 4) is 0 Å². The molecule has 0 radical (unpaired) electrons. The maximum atomic E-state index is 8.94. The fourth-order valence-corrected chi connectivity index (χ4v) is 1.38. The third-order valence-corrected chi connectivity index (χ3v) is 2.08. The molecule has 0 aliphatic carbocycles. The first-order valence-electron chi connectivity index (χ1n) is 4.42. The highest BCUT2D eigenvalue weighted by atomic mass is 16.3. The quantitative estimate of drug-likeness (QED) is 0.730. The van der Waals surface area contributed by atoms with E-state index < -0.39 is 0 Å². The van der Waals surface area contributed by atoms with Gasteiger partial charge in [0.05, 0.1) is 5.69 Å². The van der Waals surface area contributed by atoms with E-state index in [1.165, 1.54) is 0 Å². The van der Waals surface area contributed by atoms with Crippen molar-refractivity contribution >= 4 is 11.0 Å². The fraction of sp³-hybridized carbons (Fsp3) is 0.300. The van der Waals surface area contributed by atoms with Crippen LogP contribution in [0.3, 0.4) is 0 Å². The summed E-state index contributed by atoms with van der Waals surface area (Å²) in [5, 5.41) is 9.88. The Hall–Kier alpha value is -1.55. The van der Waals surface area contributed by atoms with Crippen LogP contribution in [0.1, 0.15) is 17.2 Å². The topological polar surface area (TPSA) is 58.9 Å². The summed E-state index contributed by atoms with van der Waals surface area (Å²) in [5.74, 6) is 0.424. The van der Waals surface area contributed by atoms with E-state index in [2.05, 4.69) is 15.0 Å². The first-order valence-corrected chi connectivity index (χ1v) is 4.42. The number of pyridine rings is 1. The van der Waals surface area contributed by atoms with Gasteiger partial charge >= 0.3 is 0 Å². The van der Waals surface area contributed by atoms with Crippen LogP contribution in [-0.2, 0) is 6.61 Å². The number of aromatic nitrogens is 3. The van der Waals surface area contributed by atoms with Gasteiger partial charge in [0.1, 0.15) is 6.61 Å². The molecule has 0 aromatic carbocycles. The molecule has 0 fully saturated rings. The molecule has 0 aliphatic heterocycles. The lowest BCUT2D eigenvalue weighted by atomic mass is 10.2. The molecular formula is C10H11N3O. The second-order valence-corrected chi connectivity index (χ2v) is 3.21. The summed E-state index contributed by atoms with van der Waals surface area (Å²) in [6.07, 6.45) is 0. The van der Waals surface area contributed by atoms with Gasteiger partial charge in [-0.25, -0.2) is 15.0 Å². The molecule has 72 valence electrons. The molecule has 0 aliphatic rings. The predicted octanol–water partition coefficient (Wildman–Crippen LogP) is 1.13. The summed E-state index contributed by atoms with van der Waals surface area (Å²) < 4.78 is 0. The molecule has 2 aromatic rings. The fourth-order valence-electron chi connectivity index (χ4n) is 1.38. The van der Waals surface area contributed by atoms with Gasteiger partial charge in [0.15, 0.2) is 11.5 Å². The Morgan fingerprint density at radius 3 is 2.64 bits per heavy atom. The Morgan fingerprint density at radius 1 is 1.14 bits per heavy atom. The standard InChI is InChI=1S/C10H11N3O/c1-6-3-4-8-7(2)12-9(5-14)13-10(8)11-6/h3-4,14H,5H2,1-2H3. The highest BCUT2D eigenvalue weighted by Gasteiger charge is 2.04. The van der Waals surface area contributed by atoms with Crippen LogP contribution in [0.5, 0.6) is 0 Å². The lowest BCUT2D eigenvalue weighted by Crippen LogP contribution is -1.99. The molecule has 0 bridgehead atoms. The molecule has 1 N–H and O–H groups in total. The van der Waals surface area contributed by atoms with Crippen LogP contribution in [-0.4, -0.2) is 20.1 Å². The molecule has 4 nitrogen and oxygen atoms in total. The molecule has 0 spiro atoms. The van der Waals surface area contributed by atoms with Crippen LogP contribution in [0.4, 0.5) is 0 Å². The Morgan fingerprint density at radius 2 is 1.93 bits per heavy atom. The number of rotatable bonds is 1. The molecule has 0 atom stereocenters. The normalized spacial score (nSPS) is 10.8. The second-order valence-electron chi connectivity index (χ2n) is 3.21. The lowest BCUT2D eigenvalue weighted by molar-refractivity contribution is 0.271. The maximum absolute atomic E-state index is 8.94. The minimum atomic E-state index is -0.146. The predicted molar refractivity (Wildman–Crippen MR) is 52.7 cm³/mol. The summed E-state index contributed by atoms with van der Waals surface area (Å²) in [7, 11) is 0. The van der Waals surface area contributed by atoms with Gasteiger partial charge in [0.25, 0.3) is 0 Å². The Kier molecular flexibility index (Phi) is 2.13. The van der Waals surface area contributed by atoms with Crippen LogP contribution in [0, 0.1) is 13.8 Å². The first kappa shape index (κ1) is 9.02. The van der Waals surface area contributed by atoms with Crippen LogP contribution >= 0.6 is 0 Å². The van der Waals surface area contributed by atoms with Crippen LogP contribution in [0.15, 0.2) is 12.1 Å². The molecule has 0 unspecified atom stereocenters. The average molecular weight is 189 g/mol. The number of aryl methyl sites for hydroxylation is 2. The van der Waals surface area contributed by atoms with E-state index in [-0.39, 0.29) is 6.61 Å².